The van der Waals surface area contributed by atoms with E-state index < -0.39 is 91.3 Å². The molecule has 5 amide bonds. The average Bonchev–Trinajstić information content (AvgIpc) is 2.80. The van der Waals surface area contributed by atoms with Crippen LogP contribution in [0.15, 0.2) is 24.3 Å². The lowest BCUT2D eigenvalue weighted by Crippen LogP contribution is -2.58. The van der Waals surface area contributed by atoms with Crippen LogP contribution in [0.5, 0.6) is 5.75 Å². The number of carboxylic acids is 2. The van der Waals surface area contributed by atoms with Crippen LogP contribution in [0.3, 0.4) is 0 Å². The fourth-order valence-corrected chi connectivity index (χ4v) is 3.15. The molecule has 0 aliphatic carbocycles. The van der Waals surface area contributed by atoms with E-state index >= 15 is 0 Å². The van der Waals surface area contributed by atoms with Crippen LogP contribution in [-0.4, -0.2) is 81.0 Å². The third-order valence-electron chi connectivity index (χ3n) is 5.07. The first-order chi connectivity index (χ1) is 17.7. The maximum Gasteiger partial charge on any atom is 0.326 e. The number of hydrogen-bond donors (Lipinski definition) is 9. The van der Waals surface area contributed by atoms with Gasteiger partial charge in [-0.25, -0.2) is 4.79 Å². The summed E-state index contributed by atoms with van der Waals surface area (Å²) in [4.78, 5) is 83.0. The van der Waals surface area contributed by atoms with E-state index in [-0.39, 0.29) is 12.2 Å². The summed E-state index contributed by atoms with van der Waals surface area (Å²) in [6.45, 7) is 0. The predicted molar refractivity (Wildman–Crippen MR) is 128 cm³/mol. The molecular weight excluding hydrogens is 508 g/mol. The van der Waals surface area contributed by atoms with E-state index in [9.17, 15) is 43.8 Å². The molecule has 12 N–H and O–H groups in total. The van der Waals surface area contributed by atoms with Crippen molar-refractivity contribution in [1.29, 1.82) is 0 Å². The van der Waals surface area contributed by atoms with Gasteiger partial charge in [0, 0.05) is 12.8 Å². The largest absolute Gasteiger partial charge is 0.508 e. The van der Waals surface area contributed by atoms with Crippen molar-refractivity contribution in [3.63, 3.8) is 0 Å². The van der Waals surface area contributed by atoms with E-state index in [1.54, 1.807) is 0 Å². The minimum atomic E-state index is -1.75. The average molecular weight is 539 g/mol. The zero-order valence-electron chi connectivity index (χ0n) is 20.1. The fourth-order valence-electron chi connectivity index (χ4n) is 3.15. The Hall–Kier alpha value is -4.73. The topological polar surface area (TPSA) is 294 Å². The van der Waals surface area contributed by atoms with Crippen molar-refractivity contribution in [2.75, 3.05) is 0 Å². The third kappa shape index (κ3) is 11.3. The molecule has 208 valence electrons. The molecular formula is C22H30N6O10. The van der Waals surface area contributed by atoms with Crippen LogP contribution in [0.1, 0.15) is 31.2 Å². The van der Waals surface area contributed by atoms with Gasteiger partial charge >= 0.3 is 11.9 Å². The predicted octanol–water partition coefficient (Wildman–Crippen LogP) is -3.58. The van der Waals surface area contributed by atoms with Gasteiger partial charge in [0.1, 0.15) is 23.9 Å². The molecule has 0 saturated heterocycles. The van der Waals surface area contributed by atoms with Crippen LogP contribution in [0, 0.1) is 0 Å². The summed E-state index contributed by atoms with van der Waals surface area (Å²) >= 11 is 0. The van der Waals surface area contributed by atoms with Crippen LogP contribution < -0.4 is 33.2 Å². The molecule has 1 rings (SSSR count). The van der Waals surface area contributed by atoms with Crippen LogP contribution in [0.25, 0.3) is 0 Å². The Morgan fingerprint density at radius 2 is 1.24 bits per heavy atom. The van der Waals surface area contributed by atoms with Gasteiger partial charge < -0.3 is 48.5 Å². The molecule has 0 aliphatic rings. The first-order valence-corrected chi connectivity index (χ1v) is 11.1. The minimum Gasteiger partial charge on any atom is -0.508 e. The number of aliphatic carboxylic acids is 2. The van der Waals surface area contributed by atoms with Gasteiger partial charge in [0.15, 0.2) is 0 Å². The highest BCUT2D eigenvalue weighted by atomic mass is 16.4. The van der Waals surface area contributed by atoms with Gasteiger partial charge in [0.25, 0.3) is 0 Å². The number of nitrogens with two attached hydrogens (primary N) is 3. The SMILES string of the molecule is NC(=O)CC(N)C(=O)NC(Cc1ccc(O)cc1)C(=O)NC(CCC(=O)O)C(=O)NC(CC(N)=O)C(=O)O. The number of carboxylic acid groups (broad SMARTS) is 2. The lowest BCUT2D eigenvalue weighted by Gasteiger charge is -2.25. The maximum absolute atomic E-state index is 13.1. The smallest absolute Gasteiger partial charge is 0.326 e. The zero-order chi connectivity index (χ0) is 29.0. The summed E-state index contributed by atoms with van der Waals surface area (Å²) in [5, 5.41) is 34.3. The van der Waals surface area contributed by atoms with Crippen LogP contribution >= 0.6 is 0 Å². The third-order valence-corrected chi connectivity index (χ3v) is 5.07. The Morgan fingerprint density at radius 3 is 1.74 bits per heavy atom. The molecule has 0 radical (unpaired) electrons. The number of aromatic hydroxyl groups is 1. The second kappa shape index (κ2) is 14.7. The van der Waals surface area contributed by atoms with E-state index in [4.69, 9.17) is 22.3 Å². The summed E-state index contributed by atoms with van der Waals surface area (Å²) < 4.78 is 0. The Kier molecular flexibility index (Phi) is 12.1. The highest BCUT2D eigenvalue weighted by Gasteiger charge is 2.31. The molecule has 4 atom stereocenters. The molecule has 0 spiro atoms. The van der Waals surface area contributed by atoms with Crippen molar-refractivity contribution >= 4 is 41.5 Å². The van der Waals surface area contributed by atoms with Gasteiger partial charge in [0.05, 0.1) is 18.9 Å². The number of carbonyl (C=O) groups excluding carboxylic acids is 5. The van der Waals surface area contributed by atoms with Crippen molar-refractivity contribution < 1.29 is 48.9 Å². The van der Waals surface area contributed by atoms with E-state index in [0.29, 0.717) is 5.56 Å². The molecule has 0 aromatic heterocycles. The highest BCUT2D eigenvalue weighted by Crippen LogP contribution is 2.12. The van der Waals surface area contributed by atoms with E-state index in [1.807, 2.05) is 5.32 Å². The van der Waals surface area contributed by atoms with Crippen molar-refractivity contribution in [3.05, 3.63) is 29.8 Å². The highest BCUT2D eigenvalue weighted by molar-refractivity contribution is 5.95. The summed E-state index contributed by atoms with van der Waals surface area (Å²) in [6, 6.07) is -0.624. The summed E-state index contributed by atoms with van der Waals surface area (Å²) in [6.07, 6.45) is -2.56. The number of phenols is 1. The fraction of sp³-hybridized carbons (Fsp3) is 0.409. The molecule has 1 aromatic carbocycles. The van der Waals surface area contributed by atoms with E-state index in [0.717, 1.165) is 0 Å². The number of carbonyl (C=O) groups is 7. The van der Waals surface area contributed by atoms with Gasteiger partial charge in [-0.3, -0.25) is 28.8 Å². The molecule has 4 unspecified atom stereocenters. The van der Waals surface area contributed by atoms with Gasteiger partial charge in [-0.1, -0.05) is 12.1 Å². The van der Waals surface area contributed by atoms with Crippen LogP contribution in [0.2, 0.25) is 0 Å². The van der Waals surface area contributed by atoms with Crippen molar-refractivity contribution in [3.8, 4) is 5.75 Å². The zero-order valence-corrected chi connectivity index (χ0v) is 20.1. The number of benzene rings is 1. The van der Waals surface area contributed by atoms with E-state index in [1.165, 1.54) is 24.3 Å². The first kappa shape index (κ1) is 31.3. The molecule has 38 heavy (non-hydrogen) atoms. The molecule has 0 heterocycles. The number of phenolic OH excluding ortho intramolecular Hbond substituents is 1. The maximum atomic E-state index is 13.1. The Balaban J connectivity index is 3.18. The Bertz CT molecular complexity index is 1060. The minimum absolute atomic E-state index is 0.0726. The number of nitrogens with one attached hydrogen (secondary N) is 3. The van der Waals surface area contributed by atoms with Crippen LogP contribution in [-0.2, 0) is 40.0 Å². The van der Waals surface area contributed by atoms with Gasteiger partial charge in [-0.2, -0.15) is 0 Å². The van der Waals surface area contributed by atoms with Gasteiger partial charge in [-0.05, 0) is 24.1 Å². The lowest BCUT2D eigenvalue weighted by atomic mass is 10.0. The number of primary amides is 2. The van der Waals surface area contributed by atoms with Gasteiger partial charge in [0.2, 0.25) is 29.5 Å². The normalized spacial score (nSPS) is 13.7. The monoisotopic (exact) mass is 538 g/mol. The van der Waals surface area contributed by atoms with Gasteiger partial charge in [-0.15, -0.1) is 0 Å². The molecule has 0 saturated carbocycles. The van der Waals surface area contributed by atoms with E-state index in [2.05, 4.69) is 10.6 Å². The molecule has 0 aliphatic heterocycles. The molecule has 16 heteroatoms. The Morgan fingerprint density at radius 1 is 0.737 bits per heavy atom. The number of amides is 5. The Labute approximate surface area is 215 Å². The number of hydrogen-bond acceptors (Lipinski definition) is 9. The van der Waals surface area contributed by atoms with Crippen molar-refractivity contribution in [2.45, 2.75) is 56.3 Å². The second-order valence-electron chi connectivity index (χ2n) is 8.27. The first-order valence-electron chi connectivity index (χ1n) is 11.1. The molecule has 1 aromatic rings. The standard InChI is InChI=1S/C22H30N6O10/c23-12(8-16(24)30)19(34)27-14(7-10-1-3-11(29)4-2-10)21(36)26-13(5-6-18(32)33)20(35)28-15(22(37)38)9-17(25)31/h1-4,12-15,29H,5-9,23H2,(H2,24,30)(H2,25,31)(H,26,36)(H,27,34)(H,28,35)(H,32,33)(H,37,38). The van der Waals surface area contributed by atoms with Crippen LogP contribution in [0.4, 0.5) is 0 Å². The lowest BCUT2D eigenvalue weighted by molar-refractivity contribution is -0.144. The molecule has 16 nitrogen and oxygen atoms in total. The molecule has 0 fully saturated rings. The molecule has 0 bridgehead atoms. The van der Waals surface area contributed by atoms with Crippen molar-refractivity contribution in [2.24, 2.45) is 17.2 Å². The summed E-state index contributed by atoms with van der Waals surface area (Å²) in [7, 11) is 0. The number of rotatable bonds is 16. The van der Waals surface area contributed by atoms with Crippen molar-refractivity contribution in [1.82, 2.24) is 16.0 Å². The summed E-state index contributed by atoms with van der Waals surface area (Å²) in [5.41, 5.74) is 16.1. The quantitative estimate of drug-likeness (QED) is 0.0990. The second-order valence-corrected chi connectivity index (χ2v) is 8.27. The summed E-state index contributed by atoms with van der Waals surface area (Å²) in [5.74, 6) is -7.93.